The molecule has 0 aromatic rings. The molecular formula is C11H23NO5P. The Balaban J connectivity index is 2.56. The molecule has 0 saturated carbocycles. The predicted molar refractivity (Wildman–Crippen MR) is 66.6 cm³/mol. The summed E-state index contributed by atoms with van der Waals surface area (Å²) in [6.07, 6.45) is 0.736. The molecule has 0 unspecified atom stereocenters. The van der Waals surface area contributed by atoms with Gasteiger partial charge in [-0.2, -0.15) is 0 Å². The Bertz CT molecular complexity index is 320. The van der Waals surface area contributed by atoms with Crippen LogP contribution in [0.1, 0.15) is 40.5 Å². The van der Waals surface area contributed by atoms with E-state index in [-0.39, 0.29) is 18.9 Å². The summed E-state index contributed by atoms with van der Waals surface area (Å²) in [5, 5.41) is 13.2. The zero-order valence-electron chi connectivity index (χ0n) is 11.4. The van der Waals surface area contributed by atoms with Gasteiger partial charge in [0.25, 0.3) is 0 Å². The Morgan fingerprint density at radius 1 is 1.22 bits per heavy atom. The van der Waals surface area contributed by atoms with Gasteiger partial charge < -0.3 is 14.5 Å². The van der Waals surface area contributed by atoms with Gasteiger partial charge in [0.05, 0.1) is 18.9 Å². The van der Waals surface area contributed by atoms with Crippen LogP contribution in [0.3, 0.4) is 0 Å². The highest BCUT2D eigenvalue weighted by Gasteiger charge is 2.46. The van der Waals surface area contributed by atoms with Crippen molar-refractivity contribution in [2.75, 3.05) is 12.8 Å². The Morgan fingerprint density at radius 3 is 2.06 bits per heavy atom. The molecule has 18 heavy (non-hydrogen) atoms. The second-order valence-corrected chi connectivity index (χ2v) is 7.99. The molecule has 107 valence electrons. The van der Waals surface area contributed by atoms with Crippen LogP contribution < -0.4 is 0 Å². The third-order valence-corrected chi connectivity index (χ3v) is 4.06. The molecule has 0 aromatic carbocycles. The van der Waals surface area contributed by atoms with Gasteiger partial charge >= 0.3 is 7.60 Å². The second-order valence-electron chi connectivity index (χ2n) is 6.21. The molecule has 1 aliphatic rings. The molecule has 0 bridgehead atoms. The van der Waals surface area contributed by atoms with Gasteiger partial charge in [0.1, 0.15) is 0 Å². The number of piperidine rings is 1. The summed E-state index contributed by atoms with van der Waals surface area (Å²) in [7, 11) is -4.01. The van der Waals surface area contributed by atoms with E-state index in [1.165, 1.54) is 0 Å². The van der Waals surface area contributed by atoms with Gasteiger partial charge in [-0.25, -0.2) is 0 Å². The highest BCUT2D eigenvalue weighted by Crippen LogP contribution is 2.39. The highest BCUT2D eigenvalue weighted by atomic mass is 31.2. The van der Waals surface area contributed by atoms with Crippen molar-refractivity contribution in [3.63, 3.8) is 0 Å². The van der Waals surface area contributed by atoms with E-state index in [4.69, 9.17) is 14.5 Å². The van der Waals surface area contributed by atoms with Crippen molar-refractivity contribution >= 4 is 7.60 Å². The maximum atomic E-state index is 12.1. The Morgan fingerprint density at radius 2 is 1.67 bits per heavy atom. The molecule has 0 aliphatic carbocycles. The topological polar surface area (TPSA) is 89.9 Å². The Labute approximate surface area is 108 Å². The van der Waals surface area contributed by atoms with Crippen LogP contribution in [-0.4, -0.2) is 44.8 Å². The van der Waals surface area contributed by atoms with Crippen LogP contribution in [0.4, 0.5) is 0 Å². The lowest BCUT2D eigenvalue weighted by Crippen LogP contribution is -2.59. The predicted octanol–water partition coefficient (Wildman–Crippen LogP) is 1.55. The van der Waals surface area contributed by atoms with Gasteiger partial charge in [-0.05, 0) is 40.5 Å². The highest BCUT2D eigenvalue weighted by molar-refractivity contribution is 7.51. The summed E-state index contributed by atoms with van der Waals surface area (Å²) in [6.45, 7) is 7.47. The minimum absolute atomic E-state index is 0.0277. The van der Waals surface area contributed by atoms with Gasteiger partial charge in [0.2, 0.25) is 0 Å². The van der Waals surface area contributed by atoms with Crippen LogP contribution in [0.25, 0.3) is 0 Å². The van der Waals surface area contributed by atoms with Crippen molar-refractivity contribution in [3.8, 4) is 0 Å². The SMILES string of the molecule is CC1(C)CC(OCCP(=O)(O)O)CC(C)(C)N1[O]. The van der Waals surface area contributed by atoms with Gasteiger partial charge in [-0.3, -0.25) is 4.57 Å². The first-order chi connectivity index (χ1) is 7.94. The van der Waals surface area contributed by atoms with E-state index in [0.717, 1.165) is 5.06 Å². The number of hydrogen-bond acceptors (Lipinski definition) is 3. The van der Waals surface area contributed by atoms with Crippen molar-refractivity contribution < 1.29 is 24.3 Å². The van der Waals surface area contributed by atoms with Gasteiger partial charge in [-0.15, -0.1) is 10.3 Å². The molecule has 1 rings (SSSR count). The quantitative estimate of drug-likeness (QED) is 0.762. The van der Waals surface area contributed by atoms with Crippen LogP contribution in [-0.2, 0) is 14.5 Å². The normalized spacial score (nSPS) is 25.3. The molecule has 1 heterocycles. The van der Waals surface area contributed by atoms with Crippen molar-refractivity contribution in [2.45, 2.75) is 57.7 Å². The first-order valence-corrected chi connectivity index (χ1v) is 7.87. The maximum Gasteiger partial charge on any atom is 0.327 e. The smallest absolute Gasteiger partial charge is 0.327 e. The van der Waals surface area contributed by atoms with Gasteiger partial charge in [0.15, 0.2) is 0 Å². The minimum atomic E-state index is -4.01. The van der Waals surface area contributed by atoms with E-state index >= 15 is 0 Å². The summed E-state index contributed by atoms with van der Waals surface area (Å²) >= 11 is 0. The molecule has 0 amide bonds. The third-order valence-electron chi connectivity index (χ3n) is 3.29. The van der Waals surface area contributed by atoms with Crippen LogP contribution in [0.5, 0.6) is 0 Å². The molecular weight excluding hydrogens is 257 g/mol. The Kier molecular flexibility index (Phi) is 4.64. The fourth-order valence-corrected chi connectivity index (χ4v) is 2.97. The molecule has 1 aliphatic heterocycles. The van der Waals surface area contributed by atoms with Gasteiger partial charge in [-0.1, -0.05) is 0 Å². The summed E-state index contributed by atoms with van der Waals surface area (Å²) in [5.74, 6) is 0. The average Bonchev–Trinajstić information content (AvgIpc) is 2.11. The summed E-state index contributed by atoms with van der Waals surface area (Å²) in [4.78, 5) is 17.5. The second kappa shape index (κ2) is 5.19. The number of hydroxylamine groups is 2. The monoisotopic (exact) mass is 280 g/mol. The molecule has 0 spiro atoms. The molecule has 1 saturated heterocycles. The number of ether oxygens (including phenoxy) is 1. The zero-order valence-corrected chi connectivity index (χ0v) is 12.3. The molecule has 1 radical (unpaired) electrons. The molecule has 2 N–H and O–H groups in total. The molecule has 0 atom stereocenters. The van der Waals surface area contributed by atoms with Crippen molar-refractivity contribution in [1.29, 1.82) is 0 Å². The number of nitrogens with zero attached hydrogens (tertiary/aromatic N) is 1. The van der Waals surface area contributed by atoms with Crippen molar-refractivity contribution in [2.24, 2.45) is 0 Å². The van der Waals surface area contributed by atoms with E-state index in [0.29, 0.717) is 12.8 Å². The number of hydrogen-bond donors (Lipinski definition) is 2. The molecule has 0 aromatic heterocycles. The van der Waals surface area contributed by atoms with Crippen molar-refractivity contribution in [1.82, 2.24) is 5.06 Å². The zero-order chi connectivity index (χ0) is 14.2. The van der Waals surface area contributed by atoms with Crippen molar-refractivity contribution in [3.05, 3.63) is 0 Å². The van der Waals surface area contributed by atoms with Crippen LogP contribution >= 0.6 is 7.60 Å². The fourth-order valence-electron chi connectivity index (χ4n) is 2.63. The summed E-state index contributed by atoms with van der Waals surface area (Å²) in [5.41, 5.74) is -1.04. The standard InChI is InChI=1S/C11H23NO5P/c1-10(2)7-9(8-11(3,4)12(10)13)17-5-6-18(14,15)16/h9H,5-8H2,1-4H3,(H2,14,15,16). The summed E-state index contributed by atoms with van der Waals surface area (Å²) in [6, 6.07) is 0. The molecule has 1 fully saturated rings. The molecule has 6 nitrogen and oxygen atoms in total. The van der Waals surface area contributed by atoms with Crippen LogP contribution in [0, 0.1) is 0 Å². The van der Waals surface area contributed by atoms with E-state index in [1.807, 2.05) is 27.7 Å². The average molecular weight is 280 g/mol. The van der Waals surface area contributed by atoms with Gasteiger partial charge in [0, 0.05) is 11.1 Å². The lowest BCUT2D eigenvalue weighted by Gasteiger charge is -2.49. The number of rotatable bonds is 4. The van der Waals surface area contributed by atoms with E-state index < -0.39 is 18.7 Å². The van der Waals surface area contributed by atoms with E-state index in [9.17, 15) is 9.77 Å². The van der Waals surface area contributed by atoms with E-state index in [1.54, 1.807) is 0 Å². The van der Waals surface area contributed by atoms with Crippen LogP contribution in [0.15, 0.2) is 0 Å². The van der Waals surface area contributed by atoms with E-state index in [2.05, 4.69) is 0 Å². The third kappa shape index (κ3) is 4.30. The largest absolute Gasteiger partial charge is 0.377 e. The lowest BCUT2D eigenvalue weighted by molar-refractivity contribution is -0.300. The Hall–Kier alpha value is 0.0300. The minimum Gasteiger partial charge on any atom is -0.377 e. The fraction of sp³-hybridized carbons (Fsp3) is 1.00. The first-order valence-electron chi connectivity index (χ1n) is 6.08. The summed E-state index contributed by atoms with van der Waals surface area (Å²) < 4.78 is 16.3. The first kappa shape index (κ1) is 16.1. The molecule has 7 heteroatoms. The maximum absolute atomic E-state index is 12.1. The lowest BCUT2D eigenvalue weighted by atomic mass is 9.80. The van der Waals surface area contributed by atoms with Crippen LogP contribution in [0.2, 0.25) is 0 Å².